The van der Waals surface area contributed by atoms with Crippen LogP contribution in [0.15, 0.2) is 75.8 Å². The summed E-state index contributed by atoms with van der Waals surface area (Å²) in [6, 6.07) is 6.92. The molecule has 2 unspecified atom stereocenters. The zero-order valence-corrected chi connectivity index (χ0v) is 25.0. The summed E-state index contributed by atoms with van der Waals surface area (Å²) in [5.74, 6) is -0.794. The Balaban J connectivity index is 3.29. The van der Waals surface area contributed by atoms with E-state index in [1.807, 2.05) is 53.7 Å². The zero-order valence-electron chi connectivity index (χ0n) is 24.2. The summed E-state index contributed by atoms with van der Waals surface area (Å²) in [7, 11) is -3.65. The van der Waals surface area contributed by atoms with E-state index in [0.29, 0.717) is 6.42 Å². The average Bonchev–Trinajstić information content (AvgIpc) is 2.77. The van der Waals surface area contributed by atoms with E-state index >= 15 is 0 Å². The third-order valence-electron chi connectivity index (χ3n) is 5.86. The highest BCUT2D eigenvalue weighted by Crippen LogP contribution is 2.26. The Morgan fingerprint density at radius 1 is 0.816 bits per heavy atom. The van der Waals surface area contributed by atoms with Gasteiger partial charge in [0, 0.05) is 20.3 Å². The molecule has 1 rings (SSSR count). The molecule has 0 heterocycles. The van der Waals surface area contributed by atoms with E-state index in [9.17, 15) is 18.0 Å². The maximum atomic E-state index is 13.7. The first kappa shape index (κ1) is 33.1. The molecule has 6 nitrogen and oxygen atoms in total. The molecule has 0 aliphatic heterocycles. The average molecular weight is 545 g/mol. The molecule has 210 valence electrons. The number of ether oxygens (including phenoxy) is 2. The fourth-order valence-corrected chi connectivity index (χ4v) is 5.66. The van der Waals surface area contributed by atoms with Gasteiger partial charge >= 0.3 is 11.9 Å². The Labute approximate surface area is 229 Å². The van der Waals surface area contributed by atoms with Gasteiger partial charge in [0.05, 0.1) is 10.1 Å². The normalized spacial score (nSPS) is 14.5. The number of aryl methyl sites for hydroxylation is 1. The van der Waals surface area contributed by atoms with Crippen LogP contribution in [0.4, 0.5) is 0 Å². The Morgan fingerprint density at radius 2 is 1.45 bits per heavy atom. The summed E-state index contributed by atoms with van der Waals surface area (Å²) in [5.41, 5.74) is 4.93. The van der Waals surface area contributed by atoms with Crippen LogP contribution in [0.2, 0.25) is 0 Å². The fourth-order valence-electron chi connectivity index (χ4n) is 3.90. The number of hydrogen-bond donors (Lipinski definition) is 0. The van der Waals surface area contributed by atoms with E-state index in [1.54, 1.807) is 30.3 Å². The lowest BCUT2D eigenvalue weighted by molar-refractivity contribution is -0.144. The number of esters is 2. The van der Waals surface area contributed by atoms with Crippen molar-refractivity contribution in [3.8, 4) is 0 Å². The van der Waals surface area contributed by atoms with Crippen molar-refractivity contribution in [3.05, 3.63) is 76.4 Å². The maximum Gasteiger partial charge on any atom is 0.303 e. The second kappa shape index (κ2) is 16.1. The third kappa shape index (κ3) is 13.0. The molecule has 2 atom stereocenters. The van der Waals surface area contributed by atoms with Crippen LogP contribution < -0.4 is 0 Å². The van der Waals surface area contributed by atoms with Crippen LogP contribution in [-0.2, 0) is 28.9 Å². The predicted molar refractivity (Wildman–Crippen MR) is 154 cm³/mol. The molecular formula is C31H44O6S. The van der Waals surface area contributed by atoms with Crippen LogP contribution in [0.5, 0.6) is 0 Å². The van der Waals surface area contributed by atoms with Gasteiger partial charge in [0.2, 0.25) is 0 Å². The quantitative estimate of drug-likeness (QED) is 0.185. The van der Waals surface area contributed by atoms with Gasteiger partial charge in [0.1, 0.15) is 12.7 Å². The van der Waals surface area contributed by atoms with E-state index in [4.69, 9.17) is 9.47 Å². The first-order valence-corrected chi connectivity index (χ1v) is 14.5. The van der Waals surface area contributed by atoms with Crippen LogP contribution in [0, 0.1) is 6.92 Å². The Morgan fingerprint density at radius 3 is 2.00 bits per heavy atom. The van der Waals surface area contributed by atoms with E-state index < -0.39 is 27.2 Å². The molecule has 0 spiro atoms. The molecule has 38 heavy (non-hydrogen) atoms. The van der Waals surface area contributed by atoms with Crippen molar-refractivity contribution < 1.29 is 27.5 Å². The maximum absolute atomic E-state index is 13.7. The molecular weight excluding hydrogens is 500 g/mol. The molecule has 0 saturated carbocycles. The van der Waals surface area contributed by atoms with Gasteiger partial charge in [-0.3, -0.25) is 9.59 Å². The van der Waals surface area contributed by atoms with E-state index in [1.165, 1.54) is 19.4 Å². The fraction of sp³-hybridized carbons (Fsp3) is 0.484. The second-order valence-electron chi connectivity index (χ2n) is 10.2. The number of carbonyl (C=O) groups is 2. The minimum atomic E-state index is -3.65. The number of rotatable bonds is 14. The molecule has 0 radical (unpaired) electrons. The van der Waals surface area contributed by atoms with Gasteiger partial charge in [-0.05, 0) is 85.1 Å². The lowest BCUT2D eigenvalue weighted by atomic mass is 10.0. The number of hydrogen-bond acceptors (Lipinski definition) is 6. The van der Waals surface area contributed by atoms with Crippen molar-refractivity contribution in [3.63, 3.8) is 0 Å². The van der Waals surface area contributed by atoms with Crippen molar-refractivity contribution >= 4 is 21.8 Å². The first-order chi connectivity index (χ1) is 17.7. The summed E-state index contributed by atoms with van der Waals surface area (Å²) in [6.45, 7) is 14.5. The smallest absolute Gasteiger partial charge is 0.303 e. The van der Waals surface area contributed by atoms with Gasteiger partial charge in [0.25, 0.3) is 0 Å². The standard InChI is InChI=1S/C31H44O6S/c1-22(2)10-9-11-24(4)20-31(38(34,35)30-14-12-23(3)13-15-30)21-26(6)19-29(37-28(8)33)18-25(5)16-17-36-27(7)32/h10,12-16,19-20,29,31H,9,11,17-18,21H2,1-8H3/b24-20+,25-16+,26-19+. The molecule has 0 N–H and O–H groups in total. The van der Waals surface area contributed by atoms with Crippen LogP contribution >= 0.6 is 0 Å². The summed E-state index contributed by atoms with van der Waals surface area (Å²) in [4.78, 5) is 23.1. The molecule has 7 heteroatoms. The lowest BCUT2D eigenvalue weighted by Gasteiger charge is -2.19. The molecule has 0 aliphatic rings. The van der Waals surface area contributed by atoms with E-state index in [0.717, 1.165) is 35.1 Å². The molecule has 0 amide bonds. The molecule has 0 aromatic heterocycles. The molecule has 0 saturated heterocycles. The van der Waals surface area contributed by atoms with Gasteiger partial charge < -0.3 is 9.47 Å². The van der Waals surface area contributed by atoms with E-state index in [2.05, 4.69) is 6.08 Å². The minimum absolute atomic E-state index is 0.143. The summed E-state index contributed by atoms with van der Waals surface area (Å²) >= 11 is 0. The highest BCUT2D eigenvalue weighted by atomic mass is 32.2. The summed E-state index contributed by atoms with van der Waals surface area (Å²) < 4.78 is 37.8. The lowest BCUT2D eigenvalue weighted by Crippen LogP contribution is -2.21. The highest BCUT2D eigenvalue weighted by Gasteiger charge is 2.26. The Kier molecular flexibility index (Phi) is 14.0. The minimum Gasteiger partial charge on any atom is -0.462 e. The zero-order chi connectivity index (χ0) is 28.9. The number of benzene rings is 1. The summed E-state index contributed by atoms with van der Waals surface area (Å²) in [5, 5.41) is -0.758. The van der Waals surface area contributed by atoms with Crippen LogP contribution in [0.3, 0.4) is 0 Å². The van der Waals surface area contributed by atoms with Crippen molar-refractivity contribution in [2.75, 3.05) is 6.61 Å². The highest BCUT2D eigenvalue weighted by molar-refractivity contribution is 7.92. The molecule has 0 aliphatic carbocycles. The Hall–Kier alpha value is -2.93. The molecule has 1 aromatic carbocycles. The van der Waals surface area contributed by atoms with Crippen LogP contribution in [0.1, 0.15) is 79.7 Å². The predicted octanol–water partition coefficient (Wildman–Crippen LogP) is 7.00. The van der Waals surface area contributed by atoms with Crippen LogP contribution in [0.25, 0.3) is 0 Å². The van der Waals surface area contributed by atoms with Crippen molar-refractivity contribution in [2.45, 2.75) is 97.3 Å². The summed E-state index contributed by atoms with van der Waals surface area (Å²) in [6.07, 6.45) is 9.32. The largest absolute Gasteiger partial charge is 0.462 e. The Bertz CT molecular complexity index is 1160. The first-order valence-electron chi connectivity index (χ1n) is 13.0. The van der Waals surface area contributed by atoms with Gasteiger partial charge in [-0.25, -0.2) is 8.42 Å². The topological polar surface area (TPSA) is 86.7 Å². The number of sulfone groups is 1. The van der Waals surface area contributed by atoms with Crippen LogP contribution in [-0.4, -0.2) is 38.3 Å². The van der Waals surface area contributed by atoms with Crippen molar-refractivity contribution in [1.29, 1.82) is 0 Å². The van der Waals surface area contributed by atoms with Gasteiger partial charge in [-0.15, -0.1) is 0 Å². The van der Waals surface area contributed by atoms with Gasteiger partial charge in [0.15, 0.2) is 9.84 Å². The van der Waals surface area contributed by atoms with E-state index in [-0.39, 0.29) is 23.9 Å². The number of allylic oxidation sites excluding steroid dienone is 4. The van der Waals surface area contributed by atoms with Gasteiger partial charge in [-0.1, -0.05) is 52.1 Å². The monoisotopic (exact) mass is 544 g/mol. The second-order valence-corrected chi connectivity index (χ2v) is 12.3. The van der Waals surface area contributed by atoms with Crippen molar-refractivity contribution in [2.24, 2.45) is 0 Å². The SMILES string of the molecule is CC(=O)OC/C=C(\C)CC(/C=C(\C)CC(/C=C(\C)CCC=C(C)C)S(=O)(=O)c1ccc(C)cc1)OC(C)=O. The molecule has 0 bridgehead atoms. The van der Waals surface area contributed by atoms with Crippen molar-refractivity contribution in [1.82, 2.24) is 0 Å². The van der Waals surface area contributed by atoms with Gasteiger partial charge in [-0.2, -0.15) is 0 Å². The third-order valence-corrected chi connectivity index (χ3v) is 7.89. The number of carbonyl (C=O) groups excluding carboxylic acids is 2. The molecule has 1 aromatic rings. The molecule has 0 fully saturated rings.